The molecule has 0 bridgehead atoms. The van der Waals surface area contributed by atoms with Crippen molar-refractivity contribution in [1.82, 2.24) is 0 Å². The Morgan fingerprint density at radius 2 is 2.18 bits per heavy atom. The Kier molecular flexibility index (Phi) is 13.2. The number of hydrogen-bond acceptors (Lipinski definition) is 2. The van der Waals surface area contributed by atoms with Crippen LogP contribution in [0.5, 0.6) is 0 Å². The van der Waals surface area contributed by atoms with E-state index >= 15 is 0 Å². The molecule has 0 aromatic carbocycles. The predicted molar refractivity (Wildman–Crippen MR) is 45.0 cm³/mol. The third-order valence-electron chi connectivity index (χ3n) is 0.742. The van der Waals surface area contributed by atoms with E-state index in [4.69, 9.17) is 0 Å². The molecule has 0 saturated heterocycles. The molecule has 0 saturated carbocycles. The van der Waals surface area contributed by atoms with Crippen LogP contribution in [0.15, 0.2) is 0 Å². The van der Waals surface area contributed by atoms with Crippen LogP contribution in [0.25, 0.3) is 0 Å². The maximum atomic E-state index is 9.87. The van der Waals surface area contributed by atoms with Crippen molar-refractivity contribution in [3.8, 4) is 12.3 Å². The molecule has 2 N–H and O–H groups in total. The number of primary amides is 1. The van der Waals surface area contributed by atoms with Crippen molar-refractivity contribution in [2.75, 3.05) is 6.61 Å². The van der Waals surface area contributed by atoms with Crippen molar-refractivity contribution in [1.29, 1.82) is 0 Å². The summed E-state index contributed by atoms with van der Waals surface area (Å²) in [7, 11) is 0. The molecule has 0 aliphatic heterocycles. The highest BCUT2D eigenvalue weighted by Crippen LogP contribution is 1.85. The summed E-state index contributed by atoms with van der Waals surface area (Å²) in [6.07, 6.45) is 5.83. The Labute approximate surface area is 67.9 Å². The highest BCUT2D eigenvalue weighted by molar-refractivity contribution is 5.64. The molecule has 0 atom stereocenters. The zero-order chi connectivity index (χ0) is 9.11. The number of hydrogen-bond donors (Lipinski definition) is 1. The lowest BCUT2D eigenvalue weighted by molar-refractivity contribution is 0.155. The van der Waals surface area contributed by atoms with Crippen LogP contribution < -0.4 is 5.73 Å². The van der Waals surface area contributed by atoms with Crippen molar-refractivity contribution in [2.24, 2.45) is 5.73 Å². The lowest BCUT2D eigenvalue weighted by Crippen LogP contribution is -2.13. The predicted octanol–water partition coefficient (Wildman–Crippen LogP) is 1.52. The molecular formula is C8H15NO2. The molecule has 0 aromatic rings. The van der Waals surface area contributed by atoms with Crippen molar-refractivity contribution in [3.05, 3.63) is 0 Å². The number of carbonyl (C=O) groups is 1. The maximum absolute atomic E-state index is 9.87. The number of amides is 1. The summed E-state index contributed by atoms with van der Waals surface area (Å²) in [5, 5.41) is 0. The highest BCUT2D eigenvalue weighted by atomic mass is 16.5. The quantitative estimate of drug-likeness (QED) is 0.499. The van der Waals surface area contributed by atoms with Gasteiger partial charge in [-0.05, 0) is 13.3 Å². The van der Waals surface area contributed by atoms with Crippen LogP contribution in [-0.2, 0) is 4.74 Å². The second-order valence-corrected chi connectivity index (χ2v) is 1.81. The molecule has 64 valence electrons. The van der Waals surface area contributed by atoms with Gasteiger partial charge in [-0.15, -0.1) is 12.3 Å². The van der Waals surface area contributed by atoms with Gasteiger partial charge < -0.3 is 10.5 Å². The van der Waals surface area contributed by atoms with Gasteiger partial charge in [0, 0.05) is 0 Å². The van der Waals surface area contributed by atoms with Crippen LogP contribution in [0.3, 0.4) is 0 Å². The molecule has 0 spiro atoms. The van der Waals surface area contributed by atoms with E-state index in [1.807, 2.05) is 6.92 Å². The van der Waals surface area contributed by atoms with E-state index in [0.717, 1.165) is 12.8 Å². The van der Waals surface area contributed by atoms with Gasteiger partial charge in [0.15, 0.2) is 0 Å². The van der Waals surface area contributed by atoms with Gasteiger partial charge in [-0.25, -0.2) is 4.79 Å². The van der Waals surface area contributed by atoms with Crippen molar-refractivity contribution in [2.45, 2.75) is 26.7 Å². The van der Waals surface area contributed by atoms with Gasteiger partial charge in [-0.3, -0.25) is 0 Å². The van der Waals surface area contributed by atoms with Gasteiger partial charge in [0.2, 0.25) is 0 Å². The Hall–Kier alpha value is -1.17. The Balaban J connectivity index is 0. The van der Waals surface area contributed by atoms with E-state index in [0.29, 0.717) is 6.61 Å². The third kappa shape index (κ3) is 28.1. The highest BCUT2D eigenvalue weighted by Gasteiger charge is 1.88. The zero-order valence-electron chi connectivity index (χ0n) is 7.09. The molecule has 0 aliphatic carbocycles. The average molecular weight is 157 g/mol. The van der Waals surface area contributed by atoms with Crippen LogP contribution in [0, 0.1) is 12.3 Å². The van der Waals surface area contributed by atoms with E-state index in [1.165, 1.54) is 0 Å². The summed E-state index contributed by atoms with van der Waals surface area (Å²) in [5.41, 5.74) is 4.67. The van der Waals surface area contributed by atoms with E-state index < -0.39 is 6.09 Å². The molecule has 0 aliphatic rings. The fourth-order valence-electron chi connectivity index (χ4n) is 0.317. The molecule has 11 heavy (non-hydrogen) atoms. The van der Waals surface area contributed by atoms with Gasteiger partial charge in [0.1, 0.15) is 0 Å². The molecule has 0 unspecified atom stereocenters. The molecule has 0 radical (unpaired) electrons. The topological polar surface area (TPSA) is 52.3 Å². The van der Waals surface area contributed by atoms with Crippen LogP contribution in [0.4, 0.5) is 4.79 Å². The normalized spacial score (nSPS) is 7.00. The SMILES string of the molecule is C#CC.CCCCOC(N)=O. The summed E-state index contributed by atoms with van der Waals surface area (Å²) in [6, 6.07) is 0. The second kappa shape index (κ2) is 11.6. The van der Waals surface area contributed by atoms with Crippen molar-refractivity contribution >= 4 is 6.09 Å². The number of rotatable bonds is 3. The average Bonchev–Trinajstić information content (AvgIpc) is 1.89. The first-order chi connectivity index (χ1) is 5.18. The Bertz CT molecular complexity index is 127. The van der Waals surface area contributed by atoms with Gasteiger partial charge >= 0.3 is 6.09 Å². The van der Waals surface area contributed by atoms with Crippen LogP contribution >= 0.6 is 0 Å². The third-order valence-corrected chi connectivity index (χ3v) is 0.742. The van der Waals surface area contributed by atoms with E-state index in [2.05, 4.69) is 22.8 Å². The summed E-state index contributed by atoms with van der Waals surface area (Å²) in [6.45, 7) is 4.12. The standard InChI is InChI=1S/C5H11NO2.C3H4/c1-2-3-4-8-5(6)7;1-3-2/h2-4H2,1H3,(H2,6,7);1H,2H3. The number of nitrogens with two attached hydrogens (primary N) is 1. The van der Waals surface area contributed by atoms with Gasteiger partial charge in [-0.1, -0.05) is 13.3 Å². The van der Waals surface area contributed by atoms with Gasteiger partial charge in [0.25, 0.3) is 0 Å². The summed E-state index contributed by atoms with van der Waals surface area (Å²) >= 11 is 0. The molecule has 1 amide bonds. The second-order valence-electron chi connectivity index (χ2n) is 1.81. The lowest BCUT2D eigenvalue weighted by atomic mass is 10.4. The minimum absolute atomic E-state index is 0.450. The summed E-state index contributed by atoms with van der Waals surface area (Å²) < 4.78 is 4.42. The molecule has 0 rings (SSSR count). The minimum Gasteiger partial charge on any atom is -0.450 e. The first kappa shape index (κ1) is 12.5. The summed E-state index contributed by atoms with van der Waals surface area (Å²) in [5.74, 6) is 2.25. The first-order valence-electron chi connectivity index (χ1n) is 3.48. The molecule has 0 aromatic heterocycles. The fourth-order valence-corrected chi connectivity index (χ4v) is 0.317. The van der Waals surface area contributed by atoms with E-state index in [-0.39, 0.29) is 0 Å². The van der Waals surface area contributed by atoms with E-state index in [9.17, 15) is 4.79 Å². The largest absolute Gasteiger partial charge is 0.450 e. The molecular weight excluding hydrogens is 142 g/mol. The van der Waals surface area contributed by atoms with Gasteiger partial charge in [-0.2, -0.15) is 0 Å². The number of ether oxygens (including phenoxy) is 1. The summed E-state index contributed by atoms with van der Waals surface area (Å²) in [4.78, 5) is 9.87. The molecule has 0 heterocycles. The lowest BCUT2D eigenvalue weighted by Gasteiger charge is -1.95. The van der Waals surface area contributed by atoms with Crippen molar-refractivity contribution < 1.29 is 9.53 Å². The molecule has 3 nitrogen and oxygen atoms in total. The smallest absolute Gasteiger partial charge is 0.404 e. The molecule has 0 fully saturated rings. The van der Waals surface area contributed by atoms with Crippen LogP contribution in [-0.4, -0.2) is 12.7 Å². The number of unbranched alkanes of at least 4 members (excludes halogenated alkanes) is 1. The minimum atomic E-state index is -0.682. The Morgan fingerprint density at radius 3 is 2.45 bits per heavy atom. The number of terminal acetylenes is 1. The van der Waals surface area contributed by atoms with Gasteiger partial charge in [0.05, 0.1) is 6.61 Å². The van der Waals surface area contributed by atoms with E-state index in [1.54, 1.807) is 6.92 Å². The number of carbonyl (C=O) groups excluding carboxylic acids is 1. The monoisotopic (exact) mass is 157 g/mol. The zero-order valence-corrected chi connectivity index (χ0v) is 7.09. The molecule has 3 heteroatoms. The first-order valence-corrected chi connectivity index (χ1v) is 3.48. The maximum Gasteiger partial charge on any atom is 0.404 e. The Morgan fingerprint density at radius 1 is 1.73 bits per heavy atom. The van der Waals surface area contributed by atoms with Crippen LogP contribution in [0.2, 0.25) is 0 Å². The van der Waals surface area contributed by atoms with Crippen LogP contribution in [0.1, 0.15) is 26.7 Å². The fraction of sp³-hybridized carbons (Fsp3) is 0.625. The van der Waals surface area contributed by atoms with Crippen molar-refractivity contribution in [3.63, 3.8) is 0 Å².